The van der Waals surface area contributed by atoms with E-state index < -0.39 is 51.2 Å². The van der Waals surface area contributed by atoms with Crippen LogP contribution in [0.1, 0.15) is 32.6 Å². The number of halogens is 4. The molecule has 3 N–H and O–H groups in total. The summed E-state index contributed by atoms with van der Waals surface area (Å²) in [5, 5.41) is 6.05. The molecular formula is C25H30F4N6O3S. The summed E-state index contributed by atoms with van der Waals surface area (Å²) in [5.74, 6) is -8.64. The SMILES string of the molecule is C1CCNCC1.CCC(F)(F)CS(=O)(=O)Nc1ccc(Oc2ncccc2-c2ccnc(NC)n2)c(F)c1F. The average molecular weight is 571 g/mol. The van der Waals surface area contributed by atoms with Crippen molar-refractivity contribution in [1.29, 1.82) is 0 Å². The fourth-order valence-electron chi connectivity index (χ4n) is 3.48. The van der Waals surface area contributed by atoms with E-state index in [4.69, 9.17) is 4.74 Å². The van der Waals surface area contributed by atoms with Crippen LogP contribution in [0.25, 0.3) is 11.3 Å². The normalized spacial score (nSPS) is 13.7. The van der Waals surface area contributed by atoms with Crippen LogP contribution in [0.3, 0.4) is 0 Å². The average Bonchev–Trinajstić information content (AvgIpc) is 2.94. The first-order chi connectivity index (χ1) is 18.5. The number of hydrogen-bond donors (Lipinski definition) is 3. The predicted molar refractivity (Wildman–Crippen MR) is 141 cm³/mol. The number of hydrogen-bond acceptors (Lipinski definition) is 8. The van der Waals surface area contributed by atoms with Crippen molar-refractivity contribution in [3.05, 3.63) is 54.4 Å². The number of rotatable bonds is 9. The maximum absolute atomic E-state index is 14.6. The van der Waals surface area contributed by atoms with Crippen LogP contribution in [0.2, 0.25) is 0 Å². The van der Waals surface area contributed by atoms with Gasteiger partial charge < -0.3 is 15.4 Å². The summed E-state index contributed by atoms with van der Waals surface area (Å²) in [5.41, 5.74) is -0.0928. The van der Waals surface area contributed by atoms with Gasteiger partial charge in [0.15, 0.2) is 11.6 Å². The van der Waals surface area contributed by atoms with E-state index in [1.54, 1.807) is 30.0 Å². The molecule has 0 aliphatic carbocycles. The first-order valence-electron chi connectivity index (χ1n) is 12.3. The summed E-state index contributed by atoms with van der Waals surface area (Å²) in [6.45, 7) is 3.61. The summed E-state index contributed by atoms with van der Waals surface area (Å²) >= 11 is 0. The van der Waals surface area contributed by atoms with Gasteiger partial charge in [-0.15, -0.1) is 0 Å². The number of pyridine rings is 1. The first-order valence-corrected chi connectivity index (χ1v) is 13.9. The number of anilines is 2. The summed E-state index contributed by atoms with van der Waals surface area (Å²) in [6, 6.07) is 6.55. The van der Waals surface area contributed by atoms with E-state index in [1.165, 1.54) is 44.7 Å². The predicted octanol–water partition coefficient (Wildman–Crippen LogP) is 5.20. The Morgan fingerprint density at radius 3 is 2.38 bits per heavy atom. The molecule has 0 saturated carbocycles. The van der Waals surface area contributed by atoms with Gasteiger partial charge >= 0.3 is 0 Å². The van der Waals surface area contributed by atoms with Crippen LogP contribution in [0.15, 0.2) is 42.7 Å². The van der Waals surface area contributed by atoms with E-state index in [0.29, 0.717) is 17.2 Å². The second kappa shape index (κ2) is 13.5. The third-order valence-corrected chi connectivity index (χ3v) is 6.90. The highest BCUT2D eigenvalue weighted by Gasteiger charge is 2.34. The van der Waals surface area contributed by atoms with Gasteiger partial charge in [0, 0.05) is 25.9 Å². The number of alkyl halides is 2. The number of nitrogens with zero attached hydrogens (tertiary/aromatic N) is 3. The smallest absolute Gasteiger partial charge is 0.263 e. The van der Waals surface area contributed by atoms with Crippen molar-refractivity contribution < 1.29 is 30.7 Å². The lowest BCUT2D eigenvalue weighted by Crippen LogP contribution is -2.31. The molecule has 9 nitrogen and oxygen atoms in total. The Bertz CT molecular complexity index is 1350. The van der Waals surface area contributed by atoms with E-state index in [0.717, 1.165) is 19.1 Å². The van der Waals surface area contributed by atoms with Gasteiger partial charge in [0.2, 0.25) is 27.7 Å². The highest BCUT2D eigenvalue weighted by atomic mass is 32.2. The second-order valence-electron chi connectivity index (χ2n) is 8.59. The second-order valence-corrected chi connectivity index (χ2v) is 10.3. The van der Waals surface area contributed by atoms with Gasteiger partial charge in [-0.3, -0.25) is 4.72 Å². The summed E-state index contributed by atoms with van der Waals surface area (Å²) in [6.07, 6.45) is 6.33. The fourth-order valence-corrected chi connectivity index (χ4v) is 4.80. The molecule has 3 heterocycles. The molecule has 1 fully saturated rings. The third kappa shape index (κ3) is 8.75. The Labute approximate surface area is 224 Å². The monoisotopic (exact) mass is 570 g/mol. The molecule has 1 aliphatic rings. The zero-order chi connectivity index (χ0) is 28.5. The first kappa shape index (κ1) is 30.0. The highest BCUT2D eigenvalue weighted by molar-refractivity contribution is 7.92. The number of sulfonamides is 1. The molecule has 0 amide bonds. The molecule has 39 heavy (non-hydrogen) atoms. The Morgan fingerprint density at radius 2 is 1.77 bits per heavy atom. The van der Waals surface area contributed by atoms with Crippen molar-refractivity contribution in [3.63, 3.8) is 0 Å². The van der Waals surface area contributed by atoms with Crippen LogP contribution in [-0.2, 0) is 10.0 Å². The fraction of sp³-hybridized carbons (Fsp3) is 0.400. The van der Waals surface area contributed by atoms with E-state index in [9.17, 15) is 26.0 Å². The van der Waals surface area contributed by atoms with Crippen molar-refractivity contribution in [2.45, 2.75) is 38.5 Å². The van der Waals surface area contributed by atoms with Gasteiger partial charge in [-0.1, -0.05) is 13.3 Å². The van der Waals surface area contributed by atoms with Crippen molar-refractivity contribution in [3.8, 4) is 22.9 Å². The molecule has 0 bridgehead atoms. The molecule has 4 rings (SSSR count). The molecular weight excluding hydrogens is 540 g/mol. The minimum atomic E-state index is -4.64. The van der Waals surface area contributed by atoms with E-state index in [-0.39, 0.29) is 5.88 Å². The van der Waals surface area contributed by atoms with Gasteiger partial charge in [-0.05, 0) is 56.3 Å². The van der Waals surface area contributed by atoms with Crippen LogP contribution in [0.4, 0.5) is 29.2 Å². The van der Waals surface area contributed by atoms with Crippen LogP contribution < -0.4 is 20.1 Å². The number of ether oxygens (including phenoxy) is 1. The third-order valence-electron chi connectivity index (χ3n) is 5.57. The Hall–Kier alpha value is -3.52. The minimum Gasteiger partial charge on any atom is -0.435 e. The molecule has 1 aromatic carbocycles. The molecule has 3 aromatic rings. The summed E-state index contributed by atoms with van der Waals surface area (Å²) < 4.78 is 86.9. The number of nitrogens with one attached hydrogen (secondary N) is 3. The molecule has 0 radical (unpaired) electrons. The lowest BCUT2D eigenvalue weighted by atomic mass is 10.2. The van der Waals surface area contributed by atoms with E-state index in [2.05, 4.69) is 25.6 Å². The molecule has 212 valence electrons. The van der Waals surface area contributed by atoms with Crippen molar-refractivity contribution in [1.82, 2.24) is 20.3 Å². The van der Waals surface area contributed by atoms with Gasteiger partial charge in [-0.25, -0.2) is 36.5 Å². The molecule has 0 atom stereocenters. The number of benzene rings is 1. The maximum Gasteiger partial charge on any atom is 0.263 e. The van der Waals surface area contributed by atoms with Crippen molar-refractivity contribution in [2.75, 3.05) is 35.9 Å². The molecule has 1 saturated heterocycles. The lowest BCUT2D eigenvalue weighted by molar-refractivity contribution is 0.0219. The minimum absolute atomic E-state index is 0.104. The molecule has 14 heteroatoms. The number of aromatic nitrogens is 3. The molecule has 0 unspecified atom stereocenters. The van der Waals surface area contributed by atoms with Crippen LogP contribution >= 0.6 is 0 Å². The highest BCUT2D eigenvalue weighted by Crippen LogP contribution is 2.34. The molecule has 2 aromatic heterocycles. The number of piperidine rings is 1. The topological polar surface area (TPSA) is 118 Å². The molecule has 0 spiro atoms. The van der Waals surface area contributed by atoms with Gasteiger partial charge in [0.05, 0.1) is 16.9 Å². The summed E-state index contributed by atoms with van der Waals surface area (Å²) in [4.78, 5) is 12.3. The van der Waals surface area contributed by atoms with Gasteiger partial charge in [0.25, 0.3) is 5.92 Å². The molecule has 1 aliphatic heterocycles. The summed E-state index contributed by atoms with van der Waals surface area (Å²) in [7, 11) is -3.02. The maximum atomic E-state index is 14.6. The standard InChI is InChI=1S/C20H19F4N5O3S.C5H11N/c1-3-20(23,24)11-33(30,31)29-14-6-7-15(17(22)16(14)21)32-18-12(5-4-9-26-18)13-8-10-27-19(25-2)28-13;1-2-4-6-5-3-1/h4-10,29H,3,11H2,1-2H3,(H,25,27,28);6H,1-5H2. The zero-order valence-corrected chi connectivity index (χ0v) is 22.3. The van der Waals surface area contributed by atoms with Crippen molar-refractivity contribution in [2.24, 2.45) is 0 Å². The quantitative estimate of drug-likeness (QED) is 0.301. The van der Waals surface area contributed by atoms with Gasteiger partial charge in [0.1, 0.15) is 5.75 Å². The lowest BCUT2D eigenvalue weighted by Gasteiger charge is -2.16. The van der Waals surface area contributed by atoms with E-state index in [1.807, 2.05) is 0 Å². The van der Waals surface area contributed by atoms with E-state index >= 15 is 0 Å². The van der Waals surface area contributed by atoms with Crippen LogP contribution in [0, 0.1) is 11.6 Å². The van der Waals surface area contributed by atoms with Crippen LogP contribution in [-0.4, -0.2) is 55.2 Å². The van der Waals surface area contributed by atoms with Crippen molar-refractivity contribution >= 4 is 21.7 Å². The Kier molecular flexibility index (Phi) is 10.4. The largest absolute Gasteiger partial charge is 0.435 e. The van der Waals surface area contributed by atoms with Crippen LogP contribution in [0.5, 0.6) is 11.6 Å². The zero-order valence-electron chi connectivity index (χ0n) is 21.5. The Morgan fingerprint density at radius 1 is 1.03 bits per heavy atom. The van der Waals surface area contributed by atoms with Gasteiger partial charge in [-0.2, -0.15) is 4.39 Å². The Balaban J connectivity index is 0.000000617.